The molecule has 1 aromatic carbocycles. The second kappa shape index (κ2) is 8.20. The topological polar surface area (TPSA) is 102 Å². The highest BCUT2D eigenvalue weighted by molar-refractivity contribution is 6.33. The highest BCUT2D eigenvalue weighted by Crippen LogP contribution is 2.23. The highest BCUT2D eigenvalue weighted by Gasteiger charge is 2.36. The van der Waals surface area contributed by atoms with Crippen molar-refractivity contribution >= 4 is 29.1 Å². The SMILES string of the molecule is CC(C)(C(=O)N1CCCN(C(=O)c2ccccc2Cl)CC1)n1cc([N+](=O)[O-])cn1. The van der Waals surface area contributed by atoms with Gasteiger partial charge in [-0.25, -0.2) is 0 Å². The Morgan fingerprint density at radius 1 is 1.14 bits per heavy atom. The van der Waals surface area contributed by atoms with Crippen molar-refractivity contribution in [2.45, 2.75) is 25.8 Å². The number of amides is 2. The van der Waals surface area contributed by atoms with Crippen LogP contribution >= 0.6 is 11.6 Å². The fourth-order valence-electron chi connectivity index (χ4n) is 3.33. The van der Waals surface area contributed by atoms with E-state index >= 15 is 0 Å². The van der Waals surface area contributed by atoms with Crippen LogP contribution in [-0.2, 0) is 10.3 Å². The van der Waals surface area contributed by atoms with E-state index in [1.807, 2.05) is 0 Å². The quantitative estimate of drug-likeness (QED) is 0.559. The Morgan fingerprint density at radius 3 is 2.45 bits per heavy atom. The Kier molecular flexibility index (Phi) is 5.88. The van der Waals surface area contributed by atoms with E-state index < -0.39 is 10.5 Å². The number of carbonyl (C=O) groups is 2. The van der Waals surface area contributed by atoms with Crippen LogP contribution < -0.4 is 0 Å². The van der Waals surface area contributed by atoms with Crippen LogP contribution in [0.1, 0.15) is 30.6 Å². The number of hydrogen-bond donors (Lipinski definition) is 0. The molecular weight excluding hydrogens is 398 g/mol. The molecule has 2 heterocycles. The largest absolute Gasteiger partial charge is 0.339 e. The van der Waals surface area contributed by atoms with E-state index in [1.165, 1.54) is 10.9 Å². The van der Waals surface area contributed by atoms with Crippen LogP contribution in [-0.4, -0.2) is 62.5 Å². The zero-order valence-corrected chi connectivity index (χ0v) is 17.0. The molecule has 0 N–H and O–H groups in total. The van der Waals surface area contributed by atoms with Gasteiger partial charge in [0.25, 0.3) is 5.91 Å². The molecule has 0 aliphatic carbocycles. The average Bonchev–Trinajstić information content (AvgIpc) is 3.08. The lowest BCUT2D eigenvalue weighted by Gasteiger charge is -2.31. The number of aromatic nitrogens is 2. The van der Waals surface area contributed by atoms with Gasteiger partial charge in [-0.2, -0.15) is 5.10 Å². The zero-order valence-electron chi connectivity index (χ0n) is 16.2. The predicted octanol–water partition coefficient (Wildman–Crippen LogP) is 2.55. The van der Waals surface area contributed by atoms with Gasteiger partial charge in [0.05, 0.1) is 15.5 Å². The first-order chi connectivity index (χ1) is 13.7. The third-order valence-electron chi connectivity index (χ3n) is 5.05. The van der Waals surface area contributed by atoms with Gasteiger partial charge in [0.1, 0.15) is 17.9 Å². The Bertz CT molecular complexity index is 942. The highest BCUT2D eigenvalue weighted by atomic mass is 35.5. The number of hydrogen-bond acceptors (Lipinski definition) is 5. The van der Waals surface area contributed by atoms with Crippen LogP contribution in [0.25, 0.3) is 0 Å². The smallest absolute Gasteiger partial charge is 0.307 e. The number of carbonyl (C=O) groups excluding carboxylic acids is 2. The lowest BCUT2D eigenvalue weighted by atomic mass is 10.0. The molecule has 0 bridgehead atoms. The molecule has 1 saturated heterocycles. The van der Waals surface area contributed by atoms with Crippen LogP contribution in [0.4, 0.5) is 5.69 Å². The lowest BCUT2D eigenvalue weighted by molar-refractivity contribution is -0.385. The zero-order chi connectivity index (χ0) is 21.2. The average molecular weight is 420 g/mol. The molecular formula is C19H22ClN5O4. The Labute approximate surface area is 173 Å². The lowest BCUT2D eigenvalue weighted by Crippen LogP contribution is -2.48. The monoisotopic (exact) mass is 419 g/mol. The summed E-state index contributed by atoms with van der Waals surface area (Å²) in [5.41, 5.74) is -0.813. The van der Waals surface area contributed by atoms with Crippen molar-refractivity contribution in [2.24, 2.45) is 0 Å². The van der Waals surface area contributed by atoms with Crippen molar-refractivity contribution < 1.29 is 14.5 Å². The fourth-order valence-corrected chi connectivity index (χ4v) is 3.54. The maximum Gasteiger partial charge on any atom is 0.307 e. The molecule has 1 aliphatic heterocycles. The van der Waals surface area contributed by atoms with Crippen molar-refractivity contribution in [1.29, 1.82) is 0 Å². The fraction of sp³-hybridized carbons (Fsp3) is 0.421. The number of rotatable bonds is 4. The maximum atomic E-state index is 13.1. The van der Waals surface area contributed by atoms with E-state index in [-0.39, 0.29) is 17.5 Å². The summed E-state index contributed by atoms with van der Waals surface area (Å²) in [4.78, 5) is 39.6. The maximum absolute atomic E-state index is 13.1. The molecule has 0 radical (unpaired) electrons. The normalized spacial score (nSPS) is 15.1. The molecule has 1 fully saturated rings. The van der Waals surface area contributed by atoms with E-state index in [2.05, 4.69) is 5.10 Å². The van der Waals surface area contributed by atoms with Crippen molar-refractivity contribution in [1.82, 2.24) is 19.6 Å². The molecule has 1 aliphatic rings. The summed E-state index contributed by atoms with van der Waals surface area (Å²) in [5.74, 6) is -0.366. The Balaban J connectivity index is 1.71. The van der Waals surface area contributed by atoms with Crippen molar-refractivity contribution in [3.8, 4) is 0 Å². The first-order valence-corrected chi connectivity index (χ1v) is 9.62. The molecule has 2 aromatic rings. The third-order valence-corrected chi connectivity index (χ3v) is 5.38. The van der Waals surface area contributed by atoms with Gasteiger partial charge in [-0.3, -0.25) is 24.4 Å². The van der Waals surface area contributed by atoms with E-state index in [4.69, 9.17) is 11.6 Å². The summed E-state index contributed by atoms with van der Waals surface area (Å²) in [6.07, 6.45) is 3.00. The minimum Gasteiger partial charge on any atom is -0.339 e. The standard InChI is InChI=1S/C19H22ClN5O4/c1-19(2,24-13-14(12-21-24)25(28)29)18(27)23-9-5-8-22(10-11-23)17(26)15-6-3-4-7-16(15)20/h3-4,6-7,12-13H,5,8-11H2,1-2H3. The molecule has 2 amide bonds. The van der Waals surface area contributed by atoms with Crippen LogP contribution in [0.15, 0.2) is 36.7 Å². The first-order valence-electron chi connectivity index (χ1n) is 9.24. The number of nitro groups is 1. The van der Waals surface area contributed by atoms with Gasteiger partial charge in [-0.15, -0.1) is 0 Å². The van der Waals surface area contributed by atoms with Gasteiger partial charge in [0, 0.05) is 26.2 Å². The van der Waals surface area contributed by atoms with Crippen LogP contribution in [0, 0.1) is 10.1 Å². The molecule has 29 heavy (non-hydrogen) atoms. The molecule has 1 aromatic heterocycles. The van der Waals surface area contributed by atoms with E-state index in [0.717, 1.165) is 6.20 Å². The predicted molar refractivity (Wildman–Crippen MR) is 107 cm³/mol. The van der Waals surface area contributed by atoms with Crippen LogP contribution in [0.2, 0.25) is 5.02 Å². The summed E-state index contributed by atoms with van der Waals surface area (Å²) < 4.78 is 1.31. The molecule has 154 valence electrons. The van der Waals surface area contributed by atoms with Gasteiger partial charge in [-0.05, 0) is 32.4 Å². The molecule has 0 saturated carbocycles. The molecule has 9 nitrogen and oxygen atoms in total. The van der Waals surface area contributed by atoms with E-state index in [1.54, 1.807) is 47.9 Å². The Hall–Kier alpha value is -2.94. The third kappa shape index (κ3) is 4.24. The number of nitrogens with zero attached hydrogens (tertiary/aromatic N) is 5. The summed E-state index contributed by atoms with van der Waals surface area (Å²) in [5, 5.41) is 15.3. The second-order valence-corrected chi connectivity index (χ2v) is 7.78. The molecule has 0 unspecified atom stereocenters. The van der Waals surface area contributed by atoms with Gasteiger partial charge in [0.2, 0.25) is 5.91 Å². The number of benzene rings is 1. The van der Waals surface area contributed by atoms with E-state index in [0.29, 0.717) is 43.2 Å². The summed E-state index contributed by atoms with van der Waals surface area (Å²) in [6, 6.07) is 6.89. The van der Waals surface area contributed by atoms with Gasteiger partial charge < -0.3 is 9.80 Å². The van der Waals surface area contributed by atoms with Crippen LogP contribution in [0.3, 0.4) is 0 Å². The van der Waals surface area contributed by atoms with Crippen LogP contribution in [0.5, 0.6) is 0 Å². The van der Waals surface area contributed by atoms with Gasteiger partial charge >= 0.3 is 5.69 Å². The van der Waals surface area contributed by atoms with Crippen molar-refractivity contribution in [3.63, 3.8) is 0 Å². The van der Waals surface area contributed by atoms with Gasteiger partial charge in [-0.1, -0.05) is 23.7 Å². The van der Waals surface area contributed by atoms with Crippen molar-refractivity contribution in [2.75, 3.05) is 26.2 Å². The summed E-state index contributed by atoms with van der Waals surface area (Å²) in [7, 11) is 0. The minimum absolute atomic E-state index is 0.160. The summed E-state index contributed by atoms with van der Waals surface area (Å²) in [6.45, 7) is 5.08. The minimum atomic E-state index is -1.09. The van der Waals surface area contributed by atoms with Crippen molar-refractivity contribution in [3.05, 3.63) is 57.4 Å². The van der Waals surface area contributed by atoms with E-state index in [9.17, 15) is 19.7 Å². The molecule has 0 spiro atoms. The summed E-state index contributed by atoms with van der Waals surface area (Å²) >= 11 is 6.14. The van der Waals surface area contributed by atoms with Gasteiger partial charge in [0.15, 0.2) is 0 Å². The molecule has 10 heteroatoms. The number of halogens is 1. The second-order valence-electron chi connectivity index (χ2n) is 7.38. The molecule has 3 rings (SSSR count). The first kappa shape index (κ1) is 20.8. The Morgan fingerprint density at radius 2 is 1.79 bits per heavy atom. The molecule has 0 atom stereocenters.